The quantitative estimate of drug-likeness (QED) is 0.834. The van der Waals surface area contributed by atoms with E-state index in [2.05, 4.69) is 22.3 Å². The molecule has 0 aromatic heterocycles. The molecule has 0 aliphatic carbocycles. The van der Waals surface area contributed by atoms with E-state index in [4.69, 9.17) is 0 Å². The molecule has 3 rings (SSSR count). The molecule has 2 aliphatic heterocycles. The van der Waals surface area contributed by atoms with Gasteiger partial charge in [-0.15, -0.1) is 24.8 Å². The maximum absolute atomic E-state index is 12.6. The number of nitrogens with one attached hydrogen (secondary N) is 1. The van der Waals surface area contributed by atoms with Crippen LogP contribution in [0.3, 0.4) is 0 Å². The van der Waals surface area contributed by atoms with E-state index < -0.39 is 0 Å². The highest BCUT2D eigenvalue weighted by atomic mass is 35.5. The lowest BCUT2D eigenvalue weighted by molar-refractivity contribution is 0.0698. The van der Waals surface area contributed by atoms with E-state index in [1.54, 1.807) is 0 Å². The zero-order valence-corrected chi connectivity index (χ0v) is 17.2. The van der Waals surface area contributed by atoms with Crippen LogP contribution in [0.5, 0.6) is 0 Å². The van der Waals surface area contributed by atoms with Crippen molar-refractivity contribution in [2.45, 2.75) is 25.4 Å². The number of nitrogens with zero attached hydrogens (tertiary/aromatic N) is 2. The number of hydrogen-bond donors (Lipinski definition) is 1. The number of amides is 1. The van der Waals surface area contributed by atoms with Gasteiger partial charge in [0.15, 0.2) is 0 Å². The molecule has 1 atom stereocenters. The summed E-state index contributed by atoms with van der Waals surface area (Å²) in [6, 6.07) is 8.67. The Hall–Kier alpha value is -0.460. The summed E-state index contributed by atoms with van der Waals surface area (Å²) in [4.78, 5) is 17.1. The summed E-state index contributed by atoms with van der Waals surface area (Å²) in [5.74, 6) is 2.64. The van der Waals surface area contributed by atoms with Gasteiger partial charge in [-0.3, -0.25) is 9.69 Å². The second-order valence-corrected chi connectivity index (χ2v) is 7.69. The summed E-state index contributed by atoms with van der Waals surface area (Å²) >= 11 is 2.04. The van der Waals surface area contributed by atoms with Gasteiger partial charge in [-0.25, -0.2) is 0 Å². The fraction of sp³-hybridized carbons (Fsp3) is 0.611. The van der Waals surface area contributed by atoms with Gasteiger partial charge < -0.3 is 10.2 Å². The highest BCUT2D eigenvalue weighted by Crippen LogP contribution is 2.16. The van der Waals surface area contributed by atoms with Crippen LogP contribution < -0.4 is 5.32 Å². The van der Waals surface area contributed by atoms with Crippen molar-refractivity contribution in [3.8, 4) is 0 Å². The van der Waals surface area contributed by atoms with Gasteiger partial charge in [-0.1, -0.05) is 12.1 Å². The van der Waals surface area contributed by atoms with Crippen molar-refractivity contribution in [3.05, 3.63) is 35.4 Å². The predicted molar refractivity (Wildman–Crippen MR) is 112 cm³/mol. The average Bonchev–Trinajstić information content (AvgIpc) is 2.63. The minimum Gasteiger partial charge on any atom is -0.337 e. The molecular weight excluding hydrogens is 377 g/mol. The molecule has 2 aliphatic rings. The fourth-order valence-electron chi connectivity index (χ4n) is 3.35. The Labute approximate surface area is 167 Å². The number of carbonyl (C=O) groups excluding carboxylic acids is 1. The molecule has 0 saturated carbocycles. The number of thioether (sulfide) groups is 1. The van der Waals surface area contributed by atoms with Gasteiger partial charge in [0.25, 0.3) is 5.91 Å². The second-order valence-electron chi connectivity index (χ2n) is 6.46. The molecule has 1 aromatic carbocycles. The molecule has 2 heterocycles. The van der Waals surface area contributed by atoms with E-state index in [0.29, 0.717) is 6.04 Å². The van der Waals surface area contributed by atoms with Crippen LogP contribution in [0.2, 0.25) is 0 Å². The molecule has 7 heteroatoms. The Bertz CT molecular complexity index is 524. The topological polar surface area (TPSA) is 35.6 Å². The van der Waals surface area contributed by atoms with Crippen molar-refractivity contribution in [2.24, 2.45) is 0 Å². The van der Waals surface area contributed by atoms with Crippen LogP contribution in [-0.4, -0.2) is 66.5 Å². The van der Waals surface area contributed by atoms with Crippen LogP contribution in [0.15, 0.2) is 24.3 Å². The third kappa shape index (κ3) is 6.33. The lowest BCUT2D eigenvalue weighted by atomic mass is 10.0. The van der Waals surface area contributed by atoms with Crippen molar-refractivity contribution in [1.82, 2.24) is 15.1 Å². The van der Waals surface area contributed by atoms with Crippen molar-refractivity contribution < 1.29 is 4.79 Å². The third-order valence-corrected chi connectivity index (χ3v) is 5.77. The Morgan fingerprint density at radius 3 is 2.48 bits per heavy atom. The van der Waals surface area contributed by atoms with E-state index in [1.807, 2.05) is 35.8 Å². The van der Waals surface area contributed by atoms with E-state index in [-0.39, 0.29) is 30.7 Å². The van der Waals surface area contributed by atoms with Crippen molar-refractivity contribution in [1.29, 1.82) is 0 Å². The summed E-state index contributed by atoms with van der Waals surface area (Å²) in [7, 11) is 1.98. The molecule has 1 amide bonds. The Kier molecular flexibility index (Phi) is 10.2. The minimum atomic E-state index is 0. The number of rotatable bonds is 4. The van der Waals surface area contributed by atoms with Crippen LogP contribution in [-0.2, 0) is 6.54 Å². The predicted octanol–water partition coefficient (Wildman–Crippen LogP) is 2.90. The molecule has 0 bridgehead atoms. The van der Waals surface area contributed by atoms with Crippen molar-refractivity contribution in [2.75, 3.05) is 44.7 Å². The molecule has 4 nitrogen and oxygen atoms in total. The van der Waals surface area contributed by atoms with E-state index in [1.165, 1.54) is 30.2 Å². The minimum absolute atomic E-state index is 0. The molecule has 2 saturated heterocycles. The molecule has 2 fully saturated rings. The number of carbonyl (C=O) groups is 1. The first-order valence-electron chi connectivity index (χ1n) is 8.62. The van der Waals surface area contributed by atoms with Crippen LogP contribution in [0.1, 0.15) is 28.8 Å². The third-order valence-electron chi connectivity index (χ3n) is 4.83. The normalized spacial score (nSPS) is 21.2. The van der Waals surface area contributed by atoms with Crippen LogP contribution >= 0.6 is 36.6 Å². The van der Waals surface area contributed by atoms with Crippen LogP contribution in [0, 0.1) is 0 Å². The number of halogens is 2. The van der Waals surface area contributed by atoms with Crippen LogP contribution in [0.4, 0.5) is 0 Å². The standard InChI is InChI=1S/C18H27N3OS.2ClH/c1-19-17-3-2-8-21(14-17)18(22)16-6-4-15(5-7-16)13-20-9-11-23-12-10-20;;/h4-7,17,19H,2-3,8-14H2,1H3;2*1H. The molecule has 0 radical (unpaired) electrons. The molecule has 142 valence electrons. The molecule has 25 heavy (non-hydrogen) atoms. The number of likely N-dealkylation sites (N-methyl/N-ethyl adjacent to an activating group) is 1. The molecular formula is C18H29Cl2N3OS. The maximum atomic E-state index is 12.6. The van der Waals surface area contributed by atoms with Gasteiger partial charge in [0, 0.05) is 55.8 Å². The summed E-state index contributed by atoms with van der Waals surface area (Å²) in [5.41, 5.74) is 2.12. The highest BCUT2D eigenvalue weighted by Gasteiger charge is 2.23. The van der Waals surface area contributed by atoms with Gasteiger partial charge in [0.05, 0.1) is 0 Å². The monoisotopic (exact) mass is 405 g/mol. The summed E-state index contributed by atoms with van der Waals surface area (Å²) in [6.07, 6.45) is 2.25. The maximum Gasteiger partial charge on any atom is 0.253 e. The first-order chi connectivity index (χ1) is 11.3. The zero-order chi connectivity index (χ0) is 16.1. The molecule has 0 spiro atoms. The SMILES string of the molecule is CNC1CCCN(C(=O)c2ccc(CN3CCSCC3)cc2)C1.Cl.Cl. The highest BCUT2D eigenvalue weighted by molar-refractivity contribution is 7.99. The Morgan fingerprint density at radius 2 is 1.84 bits per heavy atom. The largest absolute Gasteiger partial charge is 0.337 e. The first-order valence-corrected chi connectivity index (χ1v) is 9.77. The Morgan fingerprint density at radius 1 is 1.16 bits per heavy atom. The first kappa shape index (κ1) is 22.6. The number of piperidine rings is 1. The summed E-state index contributed by atoms with van der Waals surface area (Å²) in [6.45, 7) is 5.04. The fourth-order valence-corrected chi connectivity index (χ4v) is 4.33. The summed E-state index contributed by atoms with van der Waals surface area (Å²) < 4.78 is 0. The van der Waals surface area contributed by atoms with Gasteiger partial charge in [0.2, 0.25) is 0 Å². The smallest absolute Gasteiger partial charge is 0.253 e. The average molecular weight is 406 g/mol. The zero-order valence-electron chi connectivity index (χ0n) is 14.8. The Balaban J connectivity index is 0.00000156. The molecule has 1 unspecified atom stereocenters. The van der Waals surface area contributed by atoms with Gasteiger partial charge in [0.1, 0.15) is 0 Å². The number of likely N-dealkylation sites (tertiary alicyclic amines) is 1. The van der Waals surface area contributed by atoms with E-state index in [0.717, 1.165) is 38.0 Å². The van der Waals surface area contributed by atoms with Crippen molar-refractivity contribution in [3.63, 3.8) is 0 Å². The number of hydrogen-bond acceptors (Lipinski definition) is 4. The van der Waals surface area contributed by atoms with E-state index >= 15 is 0 Å². The summed E-state index contributed by atoms with van der Waals surface area (Å²) in [5, 5.41) is 3.29. The van der Waals surface area contributed by atoms with E-state index in [9.17, 15) is 4.79 Å². The lowest BCUT2D eigenvalue weighted by Crippen LogP contribution is -2.46. The van der Waals surface area contributed by atoms with Crippen molar-refractivity contribution >= 4 is 42.5 Å². The van der Waals surface area contributed by atoms with Crippen LogP contribution in [0.25, 0.3) is 0 Å². The van der Waals surface area contributed by atoms with Gasteiger partial charge in [-0.2, -0.15) is 11.8 Å². The molecule has 1 aromatic rings. The van der Waals surface area contributed by atoms with Gasteiger partial charge >= 0.3 is 0 Å². The number of benzene rings is 1. The van der Waals surface area contributed by atoms with Gasteiger partial charge in [-0.05, 0) is 37.6 Å². The molecule has 1 N–H and O–H groups in total. The second kappa shape index (κ2) is 11.3. The lowest BCUT2D eigenvalue weighted by Gasteiger charge is -2.32.